The number of aromatic amines is 1. The molecular weight excluding hydrogens is 498 g/mol. The number of carbonyl (C=O) groups excluding carboxylic acids is 2. The van der Waals surface area contributed by atoms with E-state index < -0.39 is 11.0 Å². The lowest BCUT2D eigenvalue weighted by Gasteiger charge is -2.41. The summed E-state index contributed by atoms with van der Waals surface area (Å²) < 4.78 is 13.0. The van der Waals surface area contributed by atoms with E-state index in [2.05, 4.69) is 25.5 Å². The van der Waals surface area contributed by atoms with Gasteiger partial charge in [0.15, 0.2) is 5.65 Å². The van der Waals surface area contributed by atoms with Crippen LogP contribution in [0, 0.1) is 5.41 Å². The first-order chi connectivity index (χ1) is 18.6. The van der Waals surface area contributed by atoms with Crippen molar-refractivity contribution in [1.29, 1.82) is 0 Å². The third kappa shape index (κ3) is 5.00. The zero-order chi connectivity index (χ0) is 27.8. The van der Waals surface area contributed by atoms with Crippen LogP contribution in [0.4, 0.5) is 5.82 Å². The minimum Gasteiger partial charge on any atom is -0.492 e. The van der Waals surface area contributed by atoms with E-state index >= 15 is 0 Å². The number of fused-ring (bicyclic) bond motifs is 3. The number of piperidine rings is 1. The second-order valence-electron chi connectivity index (χ2n) is 10.8. The fourth-order valence-electron chi connectivity index (χ4n) is 4.91. The van der Waals surface area contributed by atoms with Crippen LogP contribution in [-0.2, 0) is 14.3 Å². The summed E-state index contributed by atoms with van der Waals surface area (Å²) in [6.07, 6.45) is 6.34. The van der Waals surface area contributed by atoms with Gasteiger partial charge in [-0.05, 0) is 44.9 Å². The number of pyridine rings is 2. The highest BCUT2D eigenvalue weighted by Crippen LogP contribution is 2.34. The van der Waals surface area contributed by atoms with Gasteiger partial charge in [-0.1, -0.05) is 20.8 Å². The zero-order valence-corrected chi connectivity index (χ0v) is 23.1. The van der Waals surface area contributed by atoms with Crippen LogP contribution in [0.2, 0.25) is 0 Å². The zero-order valence-electron chi connectivity index (χ0n) is 23.1. The first kappa shape index (κ1) is 26.5. The van der Waals surface area contributed by atoms with Gasteiger partial charge < -0.3 is 19.7 Å². The minimum atomic E-state index is -1.04. The van der Waals surface area contributed by atoms with Crippen LogP contribution in [0.15, 0.2) is 36.8 Å². The van der Waals surface area contributed by atoms with Gasteiger partial charge in [-0.2, -0.15) is 5.10 Å². The SMILES string of the molecule is CCOC(=O)C1(NC(=O)C(C)(C)C)CCN(c2ccc(-c3cc(OCC)cn4nc5[nH]ncc5c34)cn2)CC1. The van der Waals surface area contributed by atoms with Crippen LogP contribution in [0.3, 0.4) is 0 Å². The summed E-state index contributed by atoms with van der Waals surface area (Å²) in [6, 6.07) is 6.00. The molecule has 0 spiro atoms. The van der Waals surface area contributed by atoms with Gasteiger partial charge in [0, 0.05) is 35.8 Å². The molecule has 0 bridgehead atoms. The van der Waals surface area contributed by atoms with Gasteiger partial charge in [-0.3, -0.25) is 9.89 Å². The van der Waals surface area contributed by atoms with E-state index in [1.165, 1.54) is 0 Å². The number of aromatic nitrogens is 5. The van der Waals surface area contributed by atoms with E-state index in [1.54, 1.807) is 13.1 Å². The van der Waals surface area contributed by atoms with Crippen molar-refractivity contribution < 1.29 is 19.1 Å². The molecule has 5 heterocycles. The van der Waals surface area contributed by atoms with Gasteiger partial charge >= 0.3 is 5.97 Å². The fraction of sp³-hybridized carbons (Fsp3) is 0.464. The van der Waals surface area contributed by atoms with E-state index in [4.69, 9.17) is 14.5 Å². The molecule has 0 unspecified atom stereocenters. The predicted molar refractivity (Wildman–Crippen MR) is 148 cm³/mol. The Labute approximate surface area is 226 Å². The molecule has 1 amide bonds. The lowest BCUT2D eigenvalue weighted by Crippen LogP contribution is -2.62. The van der Waals surface area contributed by atoms with E-state index in [0.717, 1.165) is 27.8 Å². The summed E-state index contributed by atoms with van der Waals surface area (Å²) in [5, 5.41) is 15.6. The maximum Gasteiger partial charge on any atom is 0.331 e. The lowest BCUT2D eigenvalue weighted by molar-refractivity contribution is -0.155. The first-order valence-electron chi connectivity index (χ1n) is 13.3. The molecule has 5 rings (SSSR count). The predicted octanol–water partition coefficient (Wildman–Crippen LogP) is 3.74. The number of ether oxygens (including phenoxy) is 2. The minimum absolute atomic E-state index is 0.168. The summed E-state index contributed by atoms with van der Waals surface area (Å²) in [4.78, 5) is 32.7. The summed E-state index contributed by atoms with van der Waals surface area (Å²) in [5.74, 6) is 0.969. The van der Waals surface area contributed by atoms with Crippen molar-refractivity contribution in [2.45, 2.75) is 53.0 Å². The highest BCUT2D eigenvalue weighted by molar-refractivity contribution is 6.01. The molecule has 0 atom stereocenters. The number of anilines is 1. The van der Waals surface area contributed by atoms with Gasteiger partial charge in [0.05, 0.1) is 36.5 Å². The molecule has 1 aliphatic rings. The Hall–Kier alpha value is -4.15. The summed E-state index contributed by atoms with van der Waals surface area (Å²) in [6.45, 7) is 11.1. The van der Waals surface area contributed by atoms with Crippen molar-refractivity contribution in [2.75, 3.05) is 31.2 Å². The molecule has 2 N–H and O–H groups in total. The third-order valence-electron chi connectivity index (χ3n) is 7.11. The largest absolute Gasteiger partial charge is 0.492 e. The topological polar surface area (TPSA) is 127 Å². The Kier molecular flexibility index (Phi) is 6.92. The average molecular weight is 534 g/mol. The van der Waals surface area contributed by atoms with E-state index in [0.29, 0.717) is 43.9 Å². The Morgan fingerprint density at radius 1 is 1.13 bits per heavy atom. The fourth-order valence-corrected chi connectivity index (χ4v) is 4.91. The molecular formula is C28H35N7O4. The number of rotatable bonds is 7. The van der Waals surface area contributed by atoms with Crippen molar-refractivity contribution in [3.63, 3.8) is 0 Å². The Morgan fingerprint density at radius 2 is 1.90 bits per heavy atom. The van der Waals surface area contributed by atoms with Gasteiger partial charge in [0.25, 0.3) is 0 Å². The highest BCUT2D eigenvalue weighted by atomic mass is 16.5. The van der Waals surface area contributed by atoms with Gasteiger partial charge in [0.1, 0.15) is 17.1 Å². The molecule has 4 aromatic rings. The third-order valence-corrected chi connectivity index (χ3v) is 7.11. The van der Waals surface area contributed by atoms with Crippen LogP contribution in [0.5, 0.6) is 5.75 Å². The van der Waals surface area contributed by atoms with Crippen molar-refractivity contribution in [3.05, 3.63) is 36.8 Å². The highest BCUT2D eigenvalue weighted by Gasteiger charge is 2.45. The van der Waals surface area contributed by atoms with Gasteiger partial charge in [-0.15, -0.1) is 5.10 Å². The molecule has 11 heteroatoms. The molecule has 11 nitrogen and oxygen atoms in total. The molecule has 206 valence electrons. The smallest absolute Gasteiger partial charge is 0.331 e. The van der Waals surface area contributed by atoms with Crippen LogP contribution < -0.4 is 15.0 Å². The second kappa shape index (κ2) is 10.2. The Balaban J connectivity index is 1.39. The Morgan fingerprint density at radius 3 is 2.54 bits per heavy atom. The van der Waals surface area contributed by atoms with E-state index in [9.17, 15) is 9.59 Å². The van der Waals surface area contributed by atoms with Crippen LogP contribution in [-0.4, -0.2) is 68.5 Å². The van der Waals surface area contributed by atoms with Crippen molar-refractivity contribution >= 4 is 34.2 Å². The molecule has 4 aromatic heterocycles. The monoisotopic (exact) mass is 533 g/mol. The Bertz CT molecular complexity index is 1490. The molecule has 1 aliphatic heterocycles. The number of carbonyl (C=O) groups is 2. The first-order valence-corrected chi connectivity index (χ1v) is 13.3. The second-order valence-corrected chi connectivity index (χ2v) is 10.8. The van der Waals surface area contributed by atoms with E-state index in [-0.39, 0.29) is 18.5 Å². The van der Waals surface area contributed by atoms with Crippen molar-refractivity contribution in [1.82, 2.24) is 30.1 Å². The van der Waals surface area contributed by atoms with Gasteiger partial charge in [-0.25, -0.2) is 14.3 Å². The van der Waals surface area contributed by atoms with Crippen LogP contribution in [0.25, 0.3) is 27.7 Å². The van der Waals surface area contributed by atoms with Crippen molar-refractivity contribution in [3.8, 4) is 16.9 Å². The van der Waals surface area contributed by atoms with Crippen LogP contribution in [0.1, 0.15) is 47.5 Å². The number of hydrogen-bond acceptors (Lipinski definition) is 8. The maximum absolute atomic E-state index is 13.0. The number of nitrogens with one attached hydrogen (secondary N) is 2. The molecule has 0 aromatic carbocycles. The number of amides is 1. The molecule has 39 heavy (non-hydrogen) atoms. The van der Waals surface area contributed by atoms with Crippen LogP contribution >= 0.6 is 0 Å². The average Bonchev–Trinajstić information content (AvgIpc) is 3.50. The molecule has 1 fully saturated rings. The molecule has 0 radical (unpaired) electrons. The van der Waals surface area contributed by atoms with E-state index in [1.807, 2.05) is 62.8 Å². The molecule has 1 saturated heterocycles. The summed E-state index contributed by atoms with van der Waals surface area (Å²) in [5.41, 5.74) is 1.82. The molecule has 0 aliphatic carbocycles. The lowest BCUT2D eigenvalue weighted by atomic mass is 9.85. The van der Waals surface area contributed by atoms with Crippen molar-refractivity contribution in [2.24, 2.45) is 5.41 Å². The summed E-state index contributed by atoms with van der Waals surface area (Å²) in [7, 11) is 0. The normalized spacial score (nSPS) is 15.5. The molecule has 0 saturated carbocycles. The maximum atomic E-state index is 13.0. The standard InChI is InChI=1S/C28H35N7O4/c1-6-38-19-14-20(23-21-16-30-32-24(21)33-35(23)17-19)18-8-9-22(29-15-18)34-12-10-28(11-13-34,26(37)39-7-2)31-25(36)27(3,4)5/h8-9,14-17H,6-7,10-13H2,1-5H3,(H,31,36)(H,32,33). The number of esters is 1. The quantitative estimate of drug-likeness (QED) is 0.344. The number of H-pyrrole nitrogens is 1. The van der Waals surface area contributed by atoms with Gasteiger partial charge in [0.2, 0.25) is 5.91 Å². The number of nitrogens with zero attached hydrogens (tertiary/aromatic N) is 5. The summed E-state index contributed by atoms with van der Waals surface area (Å²) >= 11 is 0. The number of hydrogen-bond donors (Lipinski definition) is 2.